The molecule has 0 fully saturated rings. The fourth-order valence-corrected chi connectivity index (χ4v) is 5.88. The lowest BCUT2D eigenvalue weighted by Gasteiger charge is -2.25. The molecule has 36 heavy (non-hydrogen) atoms. The van der Waals surface area contributed by atoms with Gasteiger partial charge in [0.1, 0.15) is 6.04 Å². The van der Waals surface area contributed by atoms with E-state index in [1.165, 1.54) is 18.6 Å². The fraction of sp³-hybridized carbons (Fsp3) is 0.481. The lowest BCUT2D eigenvalue weighted by molar-refractivity contribution is -0.123. The average Bonchev–Trinajstić information content (AvgIpc) is 3.26. The van der Waals surface area contributed by atoms with Crippen molar-refractivity contribution in [1.82, 2.24) is 10.0 Å². The van der Waals surface area contributed by atoms with Gasteiger partial charge in [0, 0.05) is 44.5 Å². The third-order valence-electron chi connectivity index (χ3n) is 6.52. The minimum Gasteiger partial charge on any atom is -0.372 e. The normalized spacial score (nSPS) is 14.0. The molecule has 9 heteroatoms. The van der Waals surface area contributed by atoms with Crippen LogP contribution in [0.3, 0.4) is 0 Å². The van der Waals surface area contributed by atoms with E-state index < -0.39 is 16.1 Å². The number of hydrogen-bond acceptors (Lipinski definition) is 5. The largest absolute Gasteiger partial charge is 0.372 e. The molecule has 0 saturated carbocycles. The Bertz CT molecular complexity index is 1200. The SMILES string of the molecule is CCN(CCCNC(=O)[C@H](NS(=O)(=O)c1ccc2c(c1)CCN2C(C)=O)C(C)C)c1cccc(C)c1. The highest BCUT2D eigenvalue weighted by Gasteiger charge is 2.30. The van der Waals surface area contributed by atoms with Crippen LogP contribution in [0.15, 0.2) is 47.4 Å². The Morgan fingerprint density at radius 1 is 1.14 bits per heavy atom. The number of fused-ring (bicyclic) bond motifs is 1. The zero-order chi connectivity index (χ0) is 26.5. The van der Waals surface area contributed by atoms with Crippen LogP contribution in [0.25, 0.3) is 0 Å². The summed E-state index contributed by atoms with van der Waals surface area (Å²) in [5, 5.41) is 2.90. The summed E-state index contributed by atoms with van der Waals surface area (Å²) in [6.45, 7) is 11.9. The van der Waals surface area contributed by atoms with Crippen molar-refractivity contribution in [3.63, 3.8) is 0 Å². The van der Waals surface area contributed by atoms with Crippen molar-refractivity contribution in [2.24, 2.45) is 5.92 Å². The van der Waals surface area contributed by atoms with Crippen molar-refractivity contribution in [2.45, 2.75) is 58.4 Å². The maximum atomic E-state index is 13.1. The van der Waals surface area contributed by atoms with Crippen LogP contribution in [0.2, 0.25) is 0 Å². The molecule has 3 rings (SSSR count). The van der Waals surface area contributed by atoms with Crippen LogP contribution >= 0.6 is 0 Å². The summed E-state index contributed by atoms with van der Waals surface area (Å²) in [5.74, 6) is -0.641. The molecule has 1 heterocycles. The summed E-state index contributed by atoms with van der Waals surface area (Å²) in [5.41, 5.74) is 3.90. The highest BCUT2D eigenvalue weighted by molar-refractivity contribution is 7.89. The van der Waals surface area contributed by atoms with Crippen molar-refractivity contribution >= 4 is 33.2 Å². The monoisotopic (exact) mass is 514 g/mol. The number of rotatable bonds is 11. The summed E-state index contributed by atoms with van der Waals surface area (Å²) < 4.78 is 28.9. The number of benzene rings is 2. The molecule has 0 bridgehead atoms. The van der Waals surface area contributed by atoms with Crippen LogP contribution in [0.5, 0.6) is 0 Å². The number of nitrogens with zero attached hydrogens (tertiary/aromatic N) is 2. The second-order valence-electron chi connectivity index (χ2n) is 9.62. The molecule has 1 aliphatic heterocycles. The van der Waals surface area contributed by atoms with Gasteiger partial charge in [0.25, 0.3) is 0 Å². The minimum atomic E-state index is -3.92. The minimum absolute atomic E-state index is 0.0695. The molecule has 0 saturated heterocycles. The predicted octanol–water partition coefficient (Wildman–Crippen LogP) is 3.24. The second kappa shape index (κ2) is 11.9. The Hall–Kier alpha value is -2.91. The van der Waals surface area contributed by atoms with Crippen molar-refractivity contribution in [3.8, 4) is 0 Å². The number of anilines is 2. The lowest BCUT2D eigenvalue weighted by Crippen LogP contribution is -2.50. The van der Waals surface area contributed by atoms with Gasteiger partial charge in [-0.15, -0.1) is 0 Å². The number of nitrogens with one attached hydrogen (secondary N) is 2. The summed E-state index contributed by atoms with van der Waals surface area (Å²) in [6, 6.07) is 12.2. The molecular weight excluding hydrogens is 476 g/mol. The van der Waals surface area contributed by atoms with Gasteiger partial charge in [-0.25, -0.2) is 8.42 Å². The van der Waals surface area contributed by atoms with Crippen molar-refractivity contribution in [1.29, 1.82) is 0 Å². The summed E-state index contributed by atoms with van der Waals surface area (Å²) in [7, 11) is -3.92. The highest BCUT2D eigenvalue weighted by Crippen LogP contribution is 2.30. The maximum Gasteiger partial charge on any atom is 0.241 e. The van der Waals surface area contributed by atoms with Crippen LogP contribution in [0.4, 0.5) is 11.4 Å². The first-order valence-corrected chi connectivity index (χ1v) is 14.0. The van der Waals surface area contributed by atoms with E-state index in [1.807, 2.05) is 19.9 Å². The molecule has 2 amide bonds. The molecule has 2 N–H and O–H groups in total. The smallest absolute Gasteiger partial charge is 0.241 e. The average molecular weight is 515 g/mol. The quantitative estimate of drug-likeness (QED) is 0.449. The second-order valence-corrected chi connectivity index (χ2v) is 11.3. The fourth-order valence-electron chi connectivity index (χ4n) is 4.49. The van der Waals surface area contributed by atoms with Gasteiger partial charge >= 0.3 is 0 Å². The molecule has 196 valence electrons. The van der Waals surface area contributed by atoms with E-state index in [0.29, 0.717) is 19.5 Å². The van der Waals surface area contributed by atoms with Gasteiger partial charge in [0.05, 0.1) is 4.90 Å². The van der Waals surface area contributed by atoms with Gasteiger partial charge in [-0.2, -0.15) is 4.72 Å². The molecule has 0 spiro atoms. The van der Waals surface area contributed by atoms with Gasteiger partial charge in [0.15, 0.2) is 0 Å². The number of amides is 2. The third-order valence-corrected chi connectivity index (χ3v) is 7.96. The Kier molecular flexibility index (Phi) is 9.13. The molecule has 0 aromatic heterocycles. The predicted molar refractivity (Wildman–Crippen MR) is 144 cm³/mol. The summed E-state index contributed by atoms with van der Waals surface area (Å²) in [6.07, 6.45) is 1.34. The number of aryl methyl sites for hydroxylation is 1. The maximum absolute atomic E-state index is 13.1. The first-order valence-electron chi connectivity index (χ1n) is 12.6. The van der Waals surface area contributed by atoms with Crippen molar-refractivity contribution < 1.29 is 18.0 Å². The van der Waals surface area contributed by atoms with E-state index in [4.69, 9.17) is 0 Å². The molecule has 1 atom stereocenters. The molecular formula is C27H38N4O4S. The van der Waals surface area contributed by atoms with E-state index >= 15 is 0 Å². The molecule has 8 nitrogen and oxygen atoms in total. The van der Waals surface area contributed by atoms with Gasteiger partial charge in [-0.3, -0.25) is 9.59 Å². The highest BCUT2D eigenvalue weighted by atomic mass is 32.2. The molecule has 2 aromatic rings. The van der Waals surface area contributed by atoms with Gasteiger partial charge in [-0.1, -0.05) is 26.0 Å². The molecule has 0 radical (unpaired) electrons. The van der Waals surface area contributed by atoms with E-state index in [-0.39, 0.29) is 22.6 Å². The number of hydrogen-bond donors (Lipinski definition) is 2. The van der Waals surface area contributed by atoms with Crippen LogP contribution in [0.1, 0.15) is 45.2 Å². The third kappa shape index (κ3) is 6.64. The topological polar surface area (TPSA) is 98.8 Å². The number of carbonyl (C=O) groups excluding carboxylic acids is 2. The number of carbonyl (C=O) groups is 2. The lowest BCUT2D eigenvalue weighted by atomic mass is 10.1. The van der Waals surface area contributed by atoms with Gasteiger partial charge in [-0.05, 0) is 74.1 Å². The van der Waals surface area contributed by atoms with Crippen molar-refractivity contribution in [3.05, 3.63) is 53.6 Å². The number of sulfonamides is 1. The molecule has 0 unspecified atom stereocenters. The first kappa shape index (κ1) is 27.7. The Balaban J connectivity index is 1.60. The Morgan fingerprint density at radius 2 is 1.89 bits per heavy atom. The Morgan fingerprint density at radius 3 is 2.53 bits per heavy atom. The van der Waals surface area contributed by atoms with E-state index in [2.05, 4.69) is 47.0 Å². The zero-order valence-electron chi connectivity index (χ0n) is 21.9. The van der Waals surface area contributed by atoms with Crippen LogP contribution in [-0.4, -0.2) is 52.5 Å². The van der Waals surface area contributed by atoms with Crippen LogP contribution in [0, 0.1) is 12.8 Å². The van der Waals surface area contributed by atoms with E-state index in [1.54, 1.807) is 17.0 Å². The van der Waals surface area contributed by atoms with E-state index in [9.17, 15) is 18.0 Å². The molecule has 1 aliphatic rings. The standard InChI is InChI=1S/C27H38N4O4S/c1-6-30(23-10-7-9-20(4)17-23)15-8-14-28-27(33)26(19(2)3)29-36(34,35)24-11-12-25-22(18-24)13-16-31(25)21(5)32/h7,9-12,17-19,26,29H,6,8,13-16H2,1-5H3,(H,28,33)/t26-/m1/s1. The van der Waals surface area contributed by atoms with Gasteiger partial charge < -0.3 is 15.1 Å². The van der Waals surface area contributed by atoms with E-state index in [0.717, 1.165) is 36.4 Å². The van der Waals surface area contributed by atoms with Gasteiger partial charge in [0.2, 0.25) is 21.8 Å². The summed E-state index contributed by atoms with van der Waals surface area (Å²) >= 11 is 0. The zero-order valence-corrected chi connectivity index (χ0v) is 22.7. The Labute approximate surface area is 215 Å². The molecule has 0 aliphatic carbocycles. The van der Waals surface area contributed by atoms with Crippen LogP contribution < -0.4 is 19.8 Å². The molecule has 2 aromatic carbocycles. The first-order chi connectivity index (χ1) is 17.0. The van der Waals surface area contributed by atoms with Crippen LogP contribution in [-0.2, 0) is 26.0 Å². The van der Waals surface area contributed by atoms with Crippen molar-refractivity contribution in [2.75, 3.05) is 36.0 Å². The summed E-state index contributed by atoms with van der Waals surface area (Å²) in [4.78, 5) is 28.7.